The van der Waals surface area contributed by atoms with E-state index in [2.05, 4.69) is 51.9 Å². The van der Waals surface area contributed by atoms with Gasteiger partial charge in [0.1, 0.15) is 0 Å². The molecule has 1 aliphatic carbocycles. The van der Waals surface area contributed by atoms with Gasteiger partial charge in [-0.15, -0.1) is 0 Å². The lowest BCUT2D eigenvalue weighted by Gasteiger charge is -2.32. The highest BCUT2D eigenvalue weighted by atomic mass is 35.5. The Morgan fingerprint density at radius 2 is 2.29 bits per heavy atom. The molecular formula is C22H29ClN4O. The molecule has 150 valence electrons. The lowest BCUT2D eigenvalue weighted by atomic mass is 9.83. The second-order valence-corrected chi connectivity index (χ2v) is 7.63. The Bertz CT molecular complexity index is 845. The number of aryl methyl sites for hydroxylation is 1. The number of benzene rings is 1. The number of hydrogen-bond donors (Lipinski definition) is 2. The third kappa shape index (κ3) is 4.66. The molecule has 3 rings (SSSR count). The van der Waals surface area contributed by atoms with E-state index in [-0.39, 0.29) is 18.1 Å². The van der Waals surface area contributed by atoms with E-state index in [1.807, 2.05) is 32.6 Å². The summed E-state index contributed by atoms with van der Waals surface area (Å²) in [5.41, 5.74) is 4.74. The minimum Gasteiger partial charge on any atom is -0.385 e. The van der Waals surface area contributed by atoms with Crippen LogP contribution in [0.4, 0.5) is 0 Å². The van der Waals surface area contributed by atoms with Crippen molar-refractivity contribution in [2.45, 2.75) is 38.4 Å². The molecule has 1 heterocycles. The third-order valence-electron chi connectivity index (χ3n) is 5.02. The van der Waals surface area contributed by atoms with Gasteiger partial charge in [0, 0.05) is 30.8 Å². The Balaban J connectivity index is 2.04. The van der Waals surface area contributed by atoms with Gasteiger partial charge in [0.2, 0.25) is 0 Å². The molecule has 2 unspecified atom stereocenters. The fourth-order valence-corrected chi connectivity index (χ4v) is 3.89. The smallest absolute Gasteiger partial charge is 0.0946 e. The van der Waals surface area contributed by atoms with E-state index in [1.54, 1.807) is 6.20 Å². The lowest BCUT2D eigenvalue weighted by Crippen LogP contribution is -2.37. The maximum Gasteiger partial charge on any atom is 0.0946 e. The minimum atomic E-state index is -0.0328. The number of fused-ring (bicyclic) bond motifs is 1. The molecule has 0 fully saturated rings. The normalized spacial score (nSPS) is 18.1. The van der Waals surface area contributed by atoms with Crippen LogP contribution in [0.3, 0.4) is 0 Å². The molecule has 28 heavy (non-hydrogen) atoms. The van der Waals surface area contributed by atoms with Gasteiger partial charge >= 0.3 is 0 Å². The summed E-state index contributed by atoms with van der Waals surface area (Å²) in [5, 5.41) is 7.83. The van der Waals surface area contributed by atoms with Crippen molar-refractivity contribution < 1.29 is 4.74 Å². The van der Waals surface area contributed by atoms with Gasteiger partial charge in [-0.25, -0.2) is 4.98 Å². The molecule has 1 aromatic carbocycles. The zero-order chi connectivity index (χ0) is 20.1. The summed E-state index contributed by atoms with van der Waals surface area (Å²) in [4.78, 5) is 4.34. The highest BCUT2D eigenvalue weighted by Gasteiger charge is 2.28. The first-order valence-electron chi connectivity index (χ1n) is 9.71. The Morgan fingerprint density at radius 1 is 1.46 bits per heavy atom. The van der Waals surface area contributed by atoms with Crippen LogP contribution in [-0.4, -0.2) is 34.8 Å². The molecule has 0 bridgehead atoms. The summed E-state index contributed by atoms with van der Waals surface area (Å²) in [5.74, 6) is 0. The molecule has 0 saturated carbocycles. The molecular weight excluding hydrogens is 372 g/mol. The molecule has 0 radical (unpaired) electrons. The summed E-state index contributed by atoms with van der Waals surface area (Å²) in [6.45, 7) is 9.34. The number of halogens is 1. The predicted molar refractivity (Wildman–Crippen MR) is 115 cm³/mol. The number of imidazole rings is 1. The highest BCUT2D eigenvalue weighted by Crippen LogP contribution is 2.37. The van der Waals surface area contributed by atoms with E-state index in [0.717, 1.165) is 17.1 Å². The van der Waals surface area contributed by atoms with Crippen molar-refractivity contribution in [2.75, 3.05) is 13.2 Å². The van der Waals surface area contributed by atoms with E-state index >= 15 is 0 Å². The summed E-state index contributed by atoms with van der Waals surface area (Å²) < 4.78 is 7.68. The van der Waals surface area contributed by atoms with Crippen molar-refractivity contribution in [1.29, 1.82) is 0 Å². The van der Waals surface area contributed by atoms with Crippen LogP contribution in [0, 0.1) is 0 Å². The molecule has 0 saturated heterocycles. The number of hydrogen-bond acceptors (Lipinski definition) is 4. The van der Waals surface area contributed by atoms with Crippen molar-refractivity contribution in [3.05, 3.63) is 71.4 Å². The van der Waals surface area contributed by atoms with Crippen molar-refractivity contribution >= 4 is 17.2 Å². The number of ether oxygens (including phenoxy) is 1. The first kappa shape index (κ1) is 20.6. The van der Waals surface area contributed by atoms with Crippen molar-refractivity contribution in [1.82, 2.24) is 20.2 Å². The van der Waals surface area contributed by atoms with Crippen molar-refractivity contribution in [3.8, 4) is 0 Å². The van der Waals surface area contributed by atoms with E-state index in [4.69, 9.17) is 16.3 Å². The molecule has 6 heteroatoms. The molecule has 2 N–H and O–H groups in total. The molecule has 0 spiro atoms. The van der Waals surface area contributed by atoms with Gasteiger partial charge in [-0.3, -0.25) is 0 Å². The van der Waals surface area contributed by atoms with Crippen molar-refractivity contribution in [3.63, 3.8) is 0 Å². The van der Waals surface area contributed by atoms with Crippen molar-refractivity contribution in [2.24, 2.45) is 7.05 Å². The van der Waals surface area contributed by atoms with Crippen LogP contribution in [0.1, 0.15) is 36.7 Å². The second-order valence-electron chi connectivity index (χ2n) is 7.19. The average Bonchev–Trinajstić information content (AvgIpc) is 3.10. The van der Waals surface area contributed by atoms with E-state index in [0.29, 0.717) is 13.2 Å². The van der Waals surface area contributed by atoms with Crippen LogP contribution in [-0.2, 0) is 18.2 Å². The Labute approximate surface area is 172 Å². The van der Waals surface area contributed by atoms with E-state index < -0.39 is 0 Å². The molecule has 3 atom stereocenters. The molecule has 0 aliphatic heterocycles. The minimum absolute atomic E-state index is 0.0328. The van der Waals surface area contributed by atoms with E-state index in [9.17, 15) is 0 Å². The van der Waals surface area contributed by atoms with Crippen LogP contribution in [0.5, 0.6) is 0 Å². The molecule has 1 aromatic heterocycles. The SMILES string of the molecule is C=CNC1C=C([C@@H](NC(C)COCC)c2cncn2C)c2cc(Cl)ccc2C1. The molecule has 2 aromatic rings. The fraction of sp³-hybridized carbons (Fsp3) is 0.409. The van der Waals surface area contributed by atoms with Crippen LogP contribution in [0.25, 0.3) is 5.57 Å². The summed E-state index contributed by atoms with van der Waals surface area (Å²) in [6.07, 6.45) is 8.68. The monoisotopic (exact) mass is 400 g/mol. The Hall–Kier alpha value is -2.08. The largest absolute Gasteiger partial charge is 0.385 e. The van der Waals surface area contributed by atoms with Gasteiger partial charge in [0.15, 0.2) is 0 Å². The van der Waals surface area contributed by atoms with Gasteiger partial charge in [0.05, 0.1) is 30.9 Å². The maximum atomic E-state index is 6.36. The van der Waals surface area contributed by atoms with Crippen LogP contribution in [0.2, 0.25) is 5.02 Å². The van der Waals surface area contributed by atoms with Gasteiger partial charge in [-0.05, 0) is 55.3 Å². The molecule has 5 nitrogen and oxygen atoms in total. The first-order chi connectivity index (χ1) is 13.5. The predicted octanol–water partition coefficient (Wildman–Crippen LogP) is 3.87. The standard InChI is InChI=1S/C22H29ClN4O/c1-5-25-18-9-16-7-8-17(23)10-19(16)20(11-18)22(21-12-24-14-27(21)4)26-15(3)13-28-6-2/h5,7-8,10-12,14-15,18,22,25-26H,1,6,9,13H2,2-4H3/t15?,18?,22-/m1/s1. The summed E-state index contributed by atoms with van der Waals surface area (Å²) in [6, 6.07) is 6.46. The highest BCUT2D eigenvalue weighted by molar-refractivity contribution is 6.30. The topological polar surface area (TPSA) is 51.1 Å². The summed E-state index contributed by atoms with van der Waals surface area (Å²) >= 11 is 6.36. The zero-order valence-electron chi connectivity index (χ0n) is 16.8. The van der Waals surface area contributed by atoms with Gasteiger partial charge < -0.3 is 19.9 Å². The zero-order valence-corrected chi connectivity index (χ0v) is 17.5. The van der Waals surface area contributed by atoms with E-state index in [1.165, 1.54) is 16.7 Å². The number of nitrogens with zero attached hydrogens (tertiary/aromatic N) is 2. The number of aromatic nitrogens is 2. The fourth-order valence-electron chi connectivity index (χ4n) is 3.72. The Morgan fingerprint density at radius 3 is 2.96 bits per heavy atom. The van der Waals surface area contributed by atoms with Gasteiger partial charge in [0.25, 0.3) is 0 Å². The third-order valence-corrected chi connectivity index (χ3v) is 5.25. The average molecular weight is 401 g/mol. The number of nitrogens with one attached hydrogen (secondary N) is 2. The van der Waals surface area contributed by atoms with Gasteiger partial charge in [-0.1, -0.05) is 30.3 Å². The second kappa shape index (κ2) is 9.41. The Kier molecular flexibility index (Phi) is 6.94. The quantitative estimate of drug-likeness (QED) is 0.670. The van der Waals surface area contributed by atoms with Crippen LogP contribution >= 0.6 is 11.6 Å². The van der Waals surface area contributed by atoms with Crippen LogP contribution in [0.15, 0.2) is 49.6 Å². The molecule has 1 aliphatic rings. The molecule has 0 amide bonds. The summed E-state index contributed by atoms with van der Waals surface area (Å²) in [7, 11) is 2.02. The number of rotatable bonds is 9. The van der Waals surface area contributed by atoms with Gasteiger partial charge in [-0.2, -0.15) is 0 Å². The lowest BCUT2D eigenvalue weighted by molar-refractivity contribution is 0.125. The maximum absolute atomic E-state index is 6.36. The van der Waals surface area contributed by atoms with Crippen LogP contribution < -0.4 is 10.6 Å². The first-order valence-corrected chi connectivity index (χ1v) is 10.1.